The molecule has 180 valence electrons. The van der Waals surface area contributed by atoms with Crippen molar-refractivity contribution in [3.63, 3.8) is 0 Å². The molecule has 0 aliphatic rings. The van der Waals surface area contributed by atoms with Crippen LogP contribution in [0.1, 0.15) is 5.76 Å². The number of imidazole rings is 1. The van der Waals surface area contributed by atoms with Crippen LogP contribution < -0.4 is 4.90 Å². The van der Waals surface area contributed by atoms with E-state index in [2.05, 4.69) is 31.9 Å². The fourth-order valence-electron chi connectivity index (χ4n) is 3.41. The van der Waals surface area contributed by atoms with Crippen LogP contribution in [0.2, 0.25) is 5.02 Å². The monoisotopic (exact) mass is 549 g/mol. The molecule has 0 fully saturated rings. The Bertz CT molecular complexity index is 1140. The third kappa shape index (κ3) is 6.50. The molecule has 0 radical (unpaired) electrons. The van der Waals surface area contributed by atoms with Crippen LogP contribution in [-0.2, 0) is 6.54 Å². The fourth-order valence-corrected chi connectivity index (χ4v) is 4.40. The number of anilines is 1. The van der Waals surface area contributed by atoms with Gasteiger partial charge in [-0.15, -0.1) is 37.2 Å². The maximum Gasteiger partial charge on any atom is 0.171 e. The number of pyridine rings is 1. The smallest absolute Gasteiger partial charge is 0.171 e. The van der Waals surface area contributed by atoms with Gasteiger partial charge in [-0.3, -0.25) is 13.9 Å². The van der Waals surface area contributed by atoms with Gasteiger partial charge in [-0.1, -0.05) is 23.7 Å². The minimum Gasteiger partial charge on any atom is -0.468 e. The highest BCUT2D eigenvalue weighted by Crippen LogP contribution is 2.36. The van der Waals surface area contributed by atoms with Gasteiger partial charge in [0, 0.05) is 32.6 Å². The van der Waals surface area contributed by atoms with E-state index in [9.17, 15) is 0 Å². The van der Waals surface area contributed by atoms with Crippen LogP contribution in [0.5, 0.6) is 0 Å². The molecule has 3 aromatic heterocycles. The van der Waals surface area contributed by atoms with E-state index >= 15 is 0 Å². The third-order valence-corrected chi connectivity index (χ3v) is 6.12. The number of para-hydroxylation sites is 2. The highest BCUT2D eigenvalue weighted by atomic mass is 35.5. The summed E-state index contributed by atoms with van der Waals surface area (Å²) in [7, 11) is 4.13. The number of hydrogen-bond acceptors (Lipinski definition) is 6. The normalized spacial score (nSPS) is 10.5. The second-order valence-corrected chi connectivity index (χ2v) is 8.24. The van der Waals surface area contributed by atoms with Gasteiger partial charge in [0.25, 0.3) is 0 Å². The van der Waals surface area contributed by atoms with Crippen molar-refractivity contribution in [2.45, 2.75) is 6.54 Å². The van der Waals surface area contributed by atoms with Gasteiger partial charge in [-0.25, -0.2) is 4.98 Å². The quantitative estimate of drug-likeness (QED) is 0.256. The van der Waals surface area contributed by atoms with Crippen LogP contribution >= 0.6 is 60.8 Å². The van der Waals surface area contributed by atoms with E-state index in [4.69, 9.17) is 21.0 Å². The van der Waals surface area contributed by atoms with Gasteiger partial charge in [0.1, 0.15) is 11.5 Å². The number of fused-ring (bicyclic) bond motifs is 1. The molecule has 0 aliphatic heterocycles. The summed E-state index contributed by atoms with van der Waals surface area (Å²) in [6.07, 6.45) is 5.52. The van der Waals surface area contributed by atoms with E-state index in [0.29, 0.717) is 10.7 Å². The van der Waals surface area contributed by atoms with E-state index in [1.54, 1.807) is 24.4 Å². The first-order valence-electron chi connectivity index (χ1n) is 9.67. The van der Waals surface area contributed by atoms with Crippen molar-refractivity contribution in [3.05, 3.63) is 65.7 Å². The number of furan rings is 1. The molecule has 0 saturated carbocycles. The first-order chi connectivity index (χ1) is 14.6. The largest absolute Gasteiger partial charge is 0.468 e. The van der Waals surface area contributed by atoms with E-state index in [-0.39, 0.29) is 37.2 Å². The number of likely N-dealkylation sites (N-methyl/N-ethyl adjacent to an activating group) is 2. The molecule has 4 rings (SSSR count). The van der Waals surface area contributed by atoms with Crippen molar-refractivity contribution in [1.82, 2.24) is 18.8 Å². The number of rotatable bonds is 8. The molecular weight excluding hydrogens is 524 g/mol. The van der Waals surface area contributed by atoms with Crippen molar-refractivity contribution in [3.8, 4) is 11.5 Å². The minimum absolute atomic E-state index is 0. The summed E-state index contributed by atoms with van der Waals surface area (Å²) in [5.74, 6) is 1.72. The van der Waals surface area contributed by atoms with Crippen LogP contribution in [0.15, 0.2) is 59.3 Å². The zero-order chi connectivity index (χ0) is 21.1. The highest BCUT2D eigenvalue weighted by Gasteiger charge is 2.19. The summed E-state index contributed by atoms with van der Waals surface area (Å²) in [6.45, 7) is 2.46. The second kappa shape index (κ2) is 13.3. The number of halogens is 4. The van der Waals surface area contributed by atoms with Crippen LogP contribution in [0, 0.1) is 0 Å². The maximum atomic E-state index is 6.83. The average molecular weight is 551 g/mol. The standard InChI is InChI=1S/C22H24ClN5OS.3ClH/c1-26(15-16-7-6-14-29-16)12-13-27(2)19-10-11-24-21(20(19)23)22-25-17-8-4-5-9-18(17)28(22)30-3;;;/h4-11,14H,12-13,15H2,1-3H3;3*1H. The zero-order valence-corrected chi connectivity index (χ0v) is 22.5. The Morgan fingerprint density at radius 3 is 2.48 bits per heavy atom. The van der Waals surface area contributed by atoms with Crippen molar-refractivity contribution in [1.29, 1.82) is 0 Å². The molecule has 0 spiro atoms. The summed E-state index contributed by atoms with van der Waals surface area (Å²) in [6, 6.07) is 13.9. The average Bonchev–Trinajstić information content (AvgIpc) is 3.39. The molecule has 4 aromatic rings. The van der Waals surface area contributed by atoms with Crippen molar-refractivity contribution >= 4 is 77.5 Å². The van der Waals surface area contributed by atoms with Gasteiger partial charge < -0.3 is 9.32 Å². The molecule has 1 aromatic carbocycles. The maximum absolute atomic E-state index is 6.83. The number of hydrogen-bond donors (Lipinski definition) is 0. The predicted molar refractivity (Wildman–Crippen MR) is 147 cm³/mol. The Balaban J connectivity index is 0.00000181. The van der Waals surface area contributed by atoms with Gasteiger partial charge >= 0.3 is 0 Å². The molecule has 0 bridgehead atoms. The molecule has 11 heteroatoms. The number of benzene rings is 1. The summed E-state index contributed by atoms with van der Waals surface area (Å²) in [5, 5.41) is 0.610. The predicted octanol–water partition coefficient (Wildman–Crippen LogP) is 6.30. The summed E-state index contributed by atoms with van der Waals surface area (Å²) in [4.78, 5) is 13.7. The van der Waals surface area contributed by atoms with Crippen molar-refractivity contribution < 1.29 is 4.42 Å². The lowest BCUT2D eigenvalue weighted by Crippen LogP contribution is -2.30. The van der Waals surface area contributed by atoms with Crippen LogP contribution in [0.3, 0.4) is 0 Å². The summed E-state index contributed by atoms with van der Waals surface area (Å²) in [5.41, 5.74) is 3.61. The number of nitrogens with zero attached hydrogens (tertiary/aromatic N) is 5. The van der Waals surface area contributed by atoms with Crippen molar-refractivity contribution in [2.75, 3.05) is 38.3 Å². The van der Waals surface area contributed by atoms with Crippen LogP contribution in [0.25, 0.3) is 22.6 Å². The van der Waals surface area contributed by atoms with Gasteiger partial charge in [-0.2, -0.15) is 0 Å². The second-order valence-electron chi connectivity index (χ2n) is 7.13. The number of aromatic nitrogens is 3. The Morgan fingerprint density at radius 1 is 1.03 bits per heavy atom. The lowest BCUT2D eigenvalue weighted by atomic mass is 10.2. The molecule has 0 N–H and O–H groups in total. The first kappa shape index (κ1) is 29.4. The Kier molecular flexibility index (Phi) is 11.9. The van der Waals surface area contributed by atoms with E-state index in [1.807, 2.05) is 49.7 Å². The lowest BCUT2D eigenvalue weighted by Gasteiger charge is -2.24. The summed E-state index contributed by atoms with van der Waals surface area (Å²) >= 11 is 8.42. The minimum atomic E-state index is 0. The molecule has 0 aliphatic carbocycles. The van der Waals surface area contributed by atoms with Crippen molar-refractivity contribution in [2.24, 2.45) is 0 Å². The molecule has 3 heterocycles. The van der Waals surface area contributed by atoms with Gasteiger partial charge in [0.15, 0.2) is 5.82 Å². The first-order valence-corrected chi connectivity index (χ1v) is 11.2. The Morgan fingerprint density at radius 2 is 1.79 bits per heavy atom. The van der Waals surface area contributed by atoms with E-state index in [0.717, 1.165) is 47.9 Å². The molecule has 6 nitrogen and oxygen atoms in total. The summed E-state index contributed by atoms with van der Waals surface area (Å²) < 4.78 is 7.50. The van der Waals surface area contributed by atoms with E-state index in [1.165, 1.54) is 0 Å². The zero-order valence-electron chi connectivity index (χ0n) is 18.5. The third-order valence-electron chi connectivity index (χ3n) is 5.02. The fraction of sp³-hybridized carbons (Fsp3) is 0.273. The molecule has 0 unspecified atom stereocenters. The van der Waals surface area contributed by atoms with Crippen LogP contribution in [0.4, 0.5) is 5.69 Å². The van der Waals surface area contributed by atoms with E-state index < -0.39 is 0 Å². The van der Waals surface area contributed by atoms with Crippen LogP contribution in [-0.4, -0.2) is 52.3 Å². The lowest BCUT2D eigenvalue weighted by molar-refractivity contribution is 0.301. The Hall–Kier alpha value is -1.61. The highest BCUT2D eigenvalue weighted by molar-refractivity contribution is 7.97. The molecular formula is C22H27Cl4N5OS. The topological polar surface area (TPSA) is 50.3 Å². The Labute approximate surface area is 222 Å². The molecule has 0 amide bonds. The molecule has 33 heavy (non-hydrogen) atoms. The van der Waals surface area contributed by atoms with Gasteiger partial charge in [0.05, 0.1) is 34.6 Å². The molecule has 0 atom stereocenters. The SMILES string of the molecule is CSn1c(-c2nccc(N(C)CCN(C)Cc3ccco3)c2Cl)nc2ccccc21.Cl.Cl.Cl. The van der Waals surface area contributed by atoms with Gasteiger partial charge in [-0.05, 0) is 49.3 Å². The molecule has 0 saturated heterocycles. The van der Waals surface area contributed by atoms with Gasteiger partial charge in [0.2, 0.25) is 0 Å².